The summed E-state index contributed by atoms with van der Waals surface area (Å²) in [5, 5.41) is 0. The second-order valence-corrected chi connectivity index (χ2v) is 6.59. The second-order valence-electron chi connectivity index (χ2n) is 4.84. The number of nitrogens with two attached hydrogens (primary N) is 1. The van der Waals surface area contributed by atoms with Gasteiger partial charge in [-0.15, -0.1) is 0 Å². The van der Waals surface area contributed by atoms with Crippen molar-refractivity contribution >= 4 is 33.0 Å². The van der Waals surface area contributed by atoms with Crippen LogP contribution >= 0.6 is 0 Å². The Labute approximate surface area is 119 Å². The molecular weight excluding hydrogens is 280 g/mol. The molecule has 1 amide bonds. The van der Waals surface area contributed by atoms with Crippen LogP contribution in [0.15, 0.2) is 18.2 Å². The molecule has 0 heterocycles. The predicted molar refractivity (Wildman–Crippen MR) is 81.3 cm³/mol. The fourth-order valence-corrected chi connectivity index (χ4v) is 2.20. The van der Waals surface area contributed by atoms with Gasteiger partial charge in [-0.1, -0.05) is 0 Å². The van der Waals surface area contributed by atoms with Crippen molar-refractivity contribution in [3.8, 4) is 0 Å². The van der Waals surface area contributed by atoms with Crippen molar-refractivity contribution in [2.24, 2.45) is 0 Å². The molecule has 0 aliphatic rings. The van der Waals surface area contributed by atoms with Gasteiger partial charge in [0, 0.05) is 12.7 Å². The molecule has 0 aliphatic heterocycles. The first-order valence-corrected chi connectivity index (χ1v) is 7.78. The highest BCUT2D eigenvalue weighted by Crippen LogP contribution is 2.28. The number of nitrogen functional groups attached to an aromatic ring is 1. The molecule has 1 rings (SSSR count). The molecule has 0 atom stereocenters. The monoisotopic (exact) mass is 300 g/mol. The number of nitrogens with one attached hydrogen (secondary N) is 1. The van der Waals surface area contributed by atoms with Crippen LogP contribution in [0, 0.1) is 0 Å². The van der Waals surface area contributed by atoms with E-state index in [-0.39, 0.29) is 18.1 Å². The van der Waals surface area contributed by atoms with Crippen LogP contribution in [0.2, 0.25) is 0 Å². The van der Waals surface area contributed by atoms with Gasteiger partial charge >= 0.3 is 0 Å². The van der Waals surface area contributed by atoms with Gasteiger partial charge in [0.15, 0.2) is 0 Å². The van der Waals surface area contributed by atoms with Gasteiger partial charge in [-0.25, -0.2) is 8.42 Å². The van der Waals surface area contributed by atoms with Crippen molar-refractivity contribution in [2.75, 3.05) is 49.3 Å². The Hall–Kier alpha value is -1.80. The van der Waals surface area contributed by atoms with Crippen molar-refractivity contribution in [2.45, 2.75) is 0 Å². The molecule has 1 aromatic rings. The number of amides is 1. The van der Waals surface area contributed by atoms with Gasteiger partial charge in [-0.3, -0.25) is 9.52 Å². The quantitative estimate of drug-likeness (QED) is 0.756. The smallest absolute Gasteiger partial charge is 0.240 e. The third kappa shape index (κ3) is 4.71. The summed E-state index contributed by atoms with van der Waals surface area (Å²) in [5.41, 5.74) is 6.80. The van der Waals surface area contributed by atoms with E-state index in [9.17, 15) is 13.2 Å². The van der Waals surface area contributed by atoms with E-state index in [0.29, 0.717) is 11.4 Å². The Balaban J connectivity index is 3.13. The zero-order valence-corrected chi connectivity index (χ0v) is 12.9. The number of anilines is 3. The van der Waals surface area contributed by atoms with Crippen LogP contribution in [0.5, 0.6) is 0 Å². The summed E-state index contributed by atoms with van der Waals surface area (Å²) in [7, 11) is 1.70. The van der Waals surface area contributed by atoms with Crippen LogP contribution in [-0.2, 0) is 14.8 Å². The summed E-state index contributed by atoms with van der Waals surface area (Å²) in [5.74, 6) is -0.156. The molecule has 0 aliphatic carbocycles. The van der Waals surface area contributed by atoms with Crippen molar-refractivity contribution in [1.29, 1.82) is 0 Å². The van der Waals surface area contributed by atoms with Crippen molar-refractivity contribution in [3.05, 3.63) is 18.2 Å². The number of hydrogen-bond acceptors (Lipinski definition) is 5. The topological polar surface area (TPSA) is 95.7 Å². The largest absolute Gasteiger partial charge is 0.399 e. The minimum Gasteiger partial charge on any atom is -0.399 e. The van der Waals surface area contributed by atoms with Crippen molar-refractivity contribution in [3.63, 3.8) is 0 Å². The summed E-state index contributed by atoms with van der Waals surface area (Å²) in [4.78, 5) is 15.2. The Morgan fingerprint density at radius 1 is 1.30 bits per heavy atom. The summed E-state index contributed by atoms with van der Waals surface area (Å²) in [6, 6.07) is 4.70. The van der Waals surface area contributed by atoms with Gasteiger partial charge in [0.25, 0.3) is 0 Å². The lowest BCUT2D eigenvalue weighted by Gasteiger charge is -2.22. The van der Waals surface area contributed by atoms with E-state index in [2.05, 4.69) is 4.72 Å². The van der Waals surface area contributed by atoms with Gasteiger partial charge in [0.05, 0.1) is 24.2 Å². The van der Waals surface area contributed by atoms with Crippen molar-refractivity contribution < 1.29 is 13.2 Å². The Kier molecular flexibility index (Phi) is 4.96. The first kappa shape index (κ1) is 16.3. The zero-order valence-electron chi connectivity index (χ0n) is 12.0. The Morgan fingerprint density at radius 2 is 1.90 bits per heavy atom. The van der Waals surface area contributed by atoms with Gasteiger partial charge < -0.3 is 15.5 Å². The van der Waals surface area contributed by atoms with E-state index < -0.39 is 10.0 Å². The maximum absolute atomic E-state index is 12.0. The number of hydrogen-bond donors (Lipinski definition) is 2. The van der Waals surface area contributed by atoms with Crippen molar-refractivity contribution in [1.82, 2.24) is 4.90 Å². The van der Waals surface area contributed by atoms with Crippen LogP contribution < -0.4 is 15.4 Å². The molecule has 8 heteroatoms. The minimum absolute atomic E-state index is 0.156. The van der Waals surface area contributed by atoms with E-state index in [0.717, 1.165) is 6.26 Å². The molecule has 7 nitrogen and oxygen atoms in total. The van der Waals surface area contributed by atoms with Gasteiger partial charge in [0.1, 0.15) is 0 Å². The molecule has 0 spiro atoms. The lowest BCUT2D eigenvalue weighted by molar-refractivity contribution is -0.118. The number of likely N-dealkylation sites (N-methyl/N-ethyl adjacent to an activating group) is 2. The fraction of sp³-hybridized carbons (Fsp3) is 0.417. The normalized spacial score (nSPS) is 11.4. The number of rotatable bonds is 5. The molecule has 0 unspecified atom stereocenters. The van der Waals surface area contributed by atoms with Gasteiger partial charge in [-0.05, 0) is 32.3 Å². The zero-order chi connectivity index (χ0) is 15.5. The number of carbonyl (C=O) groups is 1. The summed E-state index contributed by atoms with van der Waals surface area (Å²) >= 11 is 0. The molecule has 0 saturated carbocycles. The Bertz CT molecular complexity index is 599. The third-order valence-electron chi connectivity index (χ3n) is 2.50. The number of sulfonamides is 1. The highest BCUT2D eigenvalue weighted by atomic mass is 32.2. The SMILES string of the molecule is CN(C)CC(=O)N(C)c1ccc(N)cc1NS(C)(=O)=O. The second kappa shape index (κ2) is 6.10. The van der Waals surface area contributed by atoms with E-state index in [1.807, 2.05) is 0 Å². The first-order chi connectivity index (χ1) is 9.10. The molecule has 112 valence electrons. The van der Waals surface area contributed by atoms with E-state index in [1.54, 1.807) is 38.2 Å². The molecule has 3 N–H and O–H groups in total. The van der Waals surface area contributed by atoms with Gasteiger partial charge in [0.2, 0.25) is 15.9 Å². The molecule has 0 radical (unpaired) electrons. The summed E-state index contributed by atoms with van der Waals surface area (Å²) in [6.07, 6.45) is 1.04. The van der Waals surface area contributed by atoms with Crippen LogP contribution in [-0.4, -0.2) is 53.2 Å². The number of carbonyl (C=O) groups excluding carboxylic acids is 1. The standard InChI is InChI=1S/C12H20N4O3S/c1-15(2)8-12(17)16(3)11-6-5-9(13)7-10(11)14-20(4,18)19/h5-7,14H,8,13H2,1-4H3. The number of benzene rings is 1. The van der Waals surface area contributed by atoms with Gasteiger partial charge in [-0.2, -0.15) is 0 Å². The Morgan fingerprint density at radius 3 is 2.40 bits per heavy atom. The van der Waals surface area contributed by atoms with E-state index in [4.69, 9.17) is 5.73 Å². The van der Waals surface area contributed by atoms with E-state index in [1.165, 1.54) is 11.0 Å². The molecular formula is C12H20N4O3S. The van der Waals surface area contributed by atoms with E-state index >= 15 is 0 Å². The lowest BCUT2D eigenvalue weighted by atomic mass is 10.2. The molecule has 0 aromatic heterocycles. The maximum atomic E-state index is 12.0. The molecule has 0 saturated heterocycles. The third-order valence-corrected chi connectivity index (χ3v) is 3.09. The molecule has 20 heavy (non-hydrogen) atoms. The van der Waals surface area contributed by atoms with Crippen LogP contribution in [0.3, 0.4) is 0 Å². The summed E-state index contributed by atoms with van der Waals surface area (Å²) < 4.78 is 25.1. The molecule has 0 bridgehead atoms. The fourth-order valence-electron chi connectivity index (χ4n) is 1.64. The summed E-state index contributed by atoms with van der Waals surface area (Å²) in [6.45, 7) is 0.221. The van der Waals surface area contributed by atoms with Crippen LogP contribution in [0.1, 0.15) is 0 Å². The minimum atomic E-state index is -3.45. The predicted octanol–water partition coefficient (Wildman–Crippen LogP) is 0.165. The first-order valence-electron chi connectivity index (χ1n) is 5.89. The molecule has 0 fully saturated rings. The number of nitrogens with zero attached hydrogens (tertiary/aromatic N) is 2. The highest BCUT2D eigenvalue weighted by molar-refractivity contribution is 7.92. The maximum Gasteiger partial charge on any atom is 0.240 e. The van der Waals surface area contributed by atoms with Crippen LogP contribution in [0.4, 0.5) is 17.1 Å². The lowest BCUT2D eigenvalue weighted by Crippen LogP contribution is -2.35. The molecule has 1 aromatic carbocycles. The average Bonchev–Trinajstić information content (AvgIpc) is 2.25. The van der Waals surface area contributed by atoms with Crippen LogP contribution in [0.25, 0.3) is 0 Å². The average molecular weight is 300 g/mol. The highest BCUT2D eigenvalue weighted by Gasteiger charge is 2.17.